The summed E-state index contributed by atoms with van der Waals surface area (Å²) in [5.41, 5.74) is 1.64. The van der Waals surface area contributed by atoms with E-state index in [2.05, 4.69) is 15.7 Å². The van der Waals surface area contributed by atoms with E-state index in [1.807, 2.05) is 36.5 Å². The van der Waals surface area contributed by atoms with Gasteiger partial charge in [-0.25, -0.2) is 0 Å². The summed E-state index contributed by atoms with van der Waals surface area (Å²) in [4.78, 5) is 10.9. The van der Waals surface area contributed by atoms with Crippen LogP contribution in [0.5, 0.6) is 0 Å². The predicted molar refractivity (Wildman–Crippen MR) is 77.5 cm³/mol. The number of rotatable bonds is 6. The van der Waals surface area contributed by atoms with Crippen molar-refractivity contribution < 1.29 is 9.90 Å². The van der Waals surface area contributed by atoms with Crippen molar-refractivity contribution in [2.24, 2.45) is 0 Å². The number of hydrogen-bond acceptors (Lipinski definition) is 4. The smallest absolute Gasteiger partial charge is 0.221 e. The normalized spacial score (nSPS) is 11.9. The SMILES string of the molecule is CC(=O)Nc1ccc(NCC(O)Cn2cccn2)cc1. The van der Waals surface area contributed by atoms with E-state index in [0.29, 0.717) is 13.1 Å². The number of nitrogens with zero attached hydrogens (tertiary/aromatic N) is 2. The highest BCUT2D eigenvalue weighted by Crippen LogP contribution is 2.13. The van der Waals surface area contributed by atoms with Gasteiger partial charge in [-0.05, 0) is 30.3 Å². The van der Waals surface area contributed by atoms with E-state index in [4.69, 9.17) is 0 Å². The van der Waals surface area contributed by atoms with Gasteiger partial charge in [0.2, 0.25) is 5.91 Å². The molecular formula is C14H18N4O2. The van der Waals surface area contributed by atoms with Gasteiger partial charge in [-0.2, -0.15) is 5.10 Å². The Morgan fingerprint density at radius 2 is 2.05 bits per heavy atom. The lowest BCUT2D eigenvalue weighted by atomic mass is 10.2. The van der Waals surface area contributed by atoms with Crippen molar-refractivity contribution >= 4 is 17.3 Å². The van der Waals surface area contributed by atoms with Crippen LogP contribution in [0, 0.1) is 0 Å². The summed E-state index contributed by atoms with van der Waals surface area (Å²) in [6, 6.07) is 9.14. The Morgan fingerprint density at radius 1 is 1.35 bits per heavy atom. The second kappa shape index (κ2) is 6.72. The van der Waals surface area contributed by atoms with E-state index in [1.165, 1.54) is 6.92 Å². The first-order chi connectivity index (χ1) is 9.63. The molecule has 3 N–H and O–H groups in total. The summed E-state index contributed by atoms with van der Waals surface area (Å²) in [7, 11) is 0. The van der Waals surface area contributed by atoms with Gasteiger partial charge in [-0.1, -0.05) is 0 Å². The quantitative estimate of drug-likeness (QED) is 0.742. The molecule has 0 aliphatic heterocycles. The third kappa shape index (κ3) is 4.40. The van der Waals surface area contributed by atoms with Gasteiger partial charge < -0.3 is 15.7 Å². The number of hydrogen-bond donors (Lipinski definition) is 3. The molecule has 1 atom stereocenters. The van der Waals surface area contributed by atoms with Gasteiger partial charge in [0, 0.05) is 37.2 Å². The number of aliphatic hydroxyl groups excluding tert-OH is 1. The number of aromatic nitrogens is 2. The lowest BCUT2D eigenvalue weighted by Gasteiger charge is -2.13. The zero-order chi connectivity index (χ0) is 14.4. The number of carbonyl (C=O) groups is 1. The van der Waals surface area contributed by atoms with E-state index < -0.39 is 6.10 Å². The van der Waals surface area contributed by atoms with Crippen molar-refractivity contribution in [3.05, 3.63) is 42.7 Å². The molecule has 1 amide bonds. The fraction of sp³-hybridized carbons (Fsp3) is 0.286. The molecular weight excluding hydrogens is 256 g/mol. The molecule has 0 radical (unpaired) electrons. The minimum absolute atomic E-state index is 0.0969. The Bertz CT molecular complexity index is 537. The number of anilines is 2. The number of carbonyl (C=O) groups excluding carboxylic acids is 1. The maximum atomic E-state index is 10.9. The van der Waals surface area contributed by atoms with E-state index in [9.17, 15) is 9.90 Å². The van der Waals surface area contributed by atoms with Gasteiger partial charge >= 0.3 is 0 Å². The highest BCUT2D eigenvalue weighted by atomic mass is 16.3. The highest BCUT2D eigenvalue weighted by Gasteiger charge is 2.05. The topological polar surface area (TPSA) is 79.2 Å². The molecule has 0 spiro atoms. The number of nitrogens with one attached hydrogen (secondary N) is 2. The maximum Gasteiger partial charge on any atom is 0.221 e. The first-order valence-corrected chi connectivity index (χ1v) is 6.40. The Morgan fingerprint density at radius 3 is 2.65 bits per heavy atom. The van der Waals surface area contributed by atoms with Crippen molar-refractivity contribution in [1.82, 2.24) is 9.78 Å². The van der Waals surface area contributed by atoms with Crippen LogP contribution in [0.3, 0.4) is 0 Å². The Labute approximate surface area is 117 Å². The molecule has 0 bridgehead atoms. The average Bonchev–Trinajstić information content (AvgIpc) is 2.90. The fourth-order valence-corrected chi connectivity index (χ4v) is 1.80. The van der Waals surface area contributed by atoms with Crippen molar-refractivity contribution in [2.75, 3.05) is 17.2 Å². The molecule has 0 aliphatic carbocycles. The second-order valence-electron chi connectivity index (χ2n) is 4.52. The standard InChI is InChI=1S/C14H18N4O2/c1-11(19)17-13-5-3-12(4-6-13)15-9-14(20)10-18-8-2-7-16-18/h2-8,14-15,20H,9-10H2,1H3,(H,17,19). The first kappa shape index (κ1) is 14.1. The number of aliphatic hydroxyl groups is 1. The predicted octanol–water partition coefficient (Wildman–Crippen LogP) is 1.31. The van der Waals surface area contributed by atoms with Gasteiger partial charge in [0.15, 0.2) is 0 Å². The van der Waals surface area contributed by atoms with E-state index in [-0.39, 0.29) is 5.91 Å². The molecule has 106 valence electrons. The monoisotopic (exact) mass is 274 g/mol. The number of amides is 1. The third-order valence-corrected chi connectivity index (χ3v) is 2.70. The van der Waals surface area contributed by atoms with Gasteiger partial charge in [-0.3, -0.25) is 9.48 Å². The summed E-state index contributed by atoms with van der Waals surface area (Å²) in [6.45, 7) is 2.35. The fourth-order valence-electron chi connectivity index (χ4n) is 1.80. The van der Waals surface area contributed by atoms with Crippen molar-refractivity contribution in [2.45, 2.75) is 19.6 Å². The first-order valence-electron chi connectivity index (χ1n) is 6.40. The summed E-state index contributed by atoms with van der Waals surface area (Å²) in [5.74, 6) is -0.0969. The minimum Gasteiger partial charge on any atom is -0.389 e. The van der Waals surface area contributed by atoms with Crippen LogP contribution in [-0.2, 0) is 11.3 Å². The van der Waals surface area contributed by atoms with Crippen LogP contribution >= 0.6 is 0 Å². The van der Waals surface area contributed by atoms with Crippen molar-refractivity contribution in [3.63, 3.8) is 0 Å². The van der Waals surface area contributed by atoms with Crippen LogP contribution in [0.2, 0.25) is 0 Å². The van der Waals surface area contributed by atoms with E-state index in [1.54, 1.807) is 10.9 Å². The van der Waals surface area contributed by atoms with E-state index in [0.717, 1.165) is 11.4 Å². The number of benzene rings is 1. The molecule has 0 saturated heterocycles. The Hall–Kier alpha value is -2.34. The van der Waals surface area contributed by atoms with Crippen molar-refractivity contribution in [3.8, 4) is 0 Å². The molecule has 0 fully saturated rings. The lowest BCUT2D eigenvalue weighted by Crippen LogP contribution is -2.25. The largest absolute Gasteiger partial charge is 0.389 e. The second-order valence-corrected chi connectivity index (χ2v) is 4.52. The highest BCUT2D eigenvalue weighted by molar-refractivity contribution is 5.88. The minimum atomic E-state index is -0.523. The summed E-state index contributed by atoms with van der Waals surface area (Å²) in [5, 5.41) is 19.7. The molecule has 6 nitrogen and oxygen atoms in total. The summed E-state index contributed by atoms with van der Waals surface area (Å²) < 4.78 is 1.69. The molecule has 2 aromatic rings. The lowest BCUT2D eigenvalue weighted by molar-refractivity contribution is -0.114. The van der Waals surface area contributed by atoms with Gasteiger partial charge in [0.25, 0.3) is 0 Å². The van der Waals surface area contributed by atoms with Crippen molar-refractivity contribution in [1.29, 1.82) is 0 Å². The molecule has 1 heterocycles. The van der Waals surface area contributed by atoms with Gasteiger partial charge in [0.05, 0.1) is 12.6 Å². The Kier molecular flexibility index (Phi) is 4.73. The molecule has 0 saturated carbocycles. The van der Waals surface area contributed by atoms with Crippen LogP contribution < -0.4 is 10.6 Å². The van der Waals surface area contributed by atoms with Gasteiger partial charge in [-0.15, -0.1) is 0 Å². The molecule has 20 heavy (non-hydrogen) atoms. The zero-order valence-corrected chi connectivity index (χ0v) is 11.3. The molecule has 0 aliphatic rings. The molecule has 1 unspecified atom stereocenters. The van der Waals surface area contributed by atoms with Crippen LogP contribution in [0.1, 0.15) is 6.92 Å². The third-order valence-electron chi connectivity index (χ3n) is 2.70. The maximum absolute atomic E-state index is 10.9. The van der Waals surface area contributed by atoms with Crippen LogP contribution in [-0.4, -0.2) is 33.4 Å². The average molecular weight is 274 g/mol. The summed E-state index contributed by atoms with van der Waals surface area (Å²) >= 11 is 0. The van der Waals surface area contributed by atoms with Crippen LogP contribution in [0.25, 0.3) is 0 Å². The molecule has 1 aromatic heterocycles. The molecule has 6 heteroatoms. The van der Waals surface area contributed by atoms with Gasteiger partial charge in [0.1, 0.15) is 0 Å². The van der Waals surface area contributed by atoms with Crippen LogP contribution in [0.15, 0.2) is 42.7 Å². The summed E-state index contributed by atoms with van der Waals surface area (Å²) in [6.07, 6.45) is 2.97. The van der Waals surface area contributed by atoms with E-state index >= 15 is 0 Å². The van der Waals surface area contributed by atoms with Crippen LogP contribution in [0.4, 0.5) is 11.4 Å². The molecule has 2 rings (SSSR count). The zero-order valence-electron chi connectivity index (χ0n) is 11.3. The Balaban J connectivity index is 1.80. The molecule has 1 aromatic carbocycles.